The number of carbonyl (C=O) groups is 1. The second-order valence-corrected chi connectivity index (χ2v) is 9.13. The molecule has 2 N–H and O–H groups in total. The highest BCUT2D eigenvalue weighted by Gasteiger charge is 2.17. The molecule has 0 amide bonds. The maximum atomic E-state index is 12.8. The number of aromatic nitrogens is 1. The molecule has 0 saturated carbocycles. The molecule has 1 unspecified atom stereocenters. The Balaban J connectivity index is 1.65. The zero-order valence-corrected chi connectivity index (χ0v) is 21.2. The van der Waals surface area contributed by atoms with E-state index in [9.17, 15) is 9.59 Å². The van der Waals surface area contributed by atoms with Crippen molar-refractivity contribution in [3.05, 3.63) is 100.0 Å². The van der Waals surface area contributed by atoms with Gasteiger partial charge in [0.1, 0.15) is 19.3 Å². The van der Waals surface area contributed by atoms with Gasteiger partial charge in [0, 0.05) is 12.6 Å². The average molecular weight is 491 g/mol. The summed E-state index contributed by atoms with van der Waals surface area (Å²) in [7, 11) is 0. The summed E-state index contributed by atoms with van der Waals surface area (Å²) in [5.41, 5.74) is 8.45. The Hall–Kier alpha value is -3.38. The molecule has 0 aliphatic rings. The number of carbonyl (C=O) groups excluding carboxylic acids is 1. The highest BCUT2D eigenvalue weighted by molar-refractivity contribution is 5.75. The summed E-state index contributed by atoms with van der Waals surface area (Å²) in [4.78, 5) is 25.3. The number of unbranched alkanes of at least 4 members (excludes halogenated alkanes) is 5. The lowest BCUT2D eigenvalue weighted by Gasteiger charge is -2.17. The molecule has 0 spiro atoms. The number of ether oxygens (including phenoxy) is 2. The Kier molecular flexibility index (Phi) is 11.3. The fourth-order valence-electron chi connectivity index (χ4n) is 4.04. The third kappa shape index (κ3) is 9.00. The van der Waals surface area contributed by atoms with Gasteiger partial charge in [-0.3, -0.25) is 9.59 Å². The molecule has 2 aromatic carbocycles. The minimum absolute atomic E-state index is 0.00857. The van der Waals surface area contributed by atoms with Crippen LogP contribution in [0.4, 0.5) is 0 Å². The topological polar surface area (TPSA) is 83.5 Å². The molecule has 1 atom stereocenters. The number of pyridine rings is 1. The molecule has 3 aromatic rings. The van der Waals surface area contributed by atoms with Gasteiger partial charge < -0.3 is 19.8 Å². The van der Waals surface area contributed by atoms with E-state index >= 15 is 0 Å². The van der Waals surface area contributed by atoms with Crippen molar-refractivity contribution in [2.75, 3.05) is 0 Å². The van der Waals surface area contributed by atoms with Crippen molar-refractivity contribution in [3.63, 3.8) is 0 Å². The molecular formula is C30H38N2O4. The lowest BCUT2D eigenvalue weighted by atomic mass is 10.1. The molecule has 0 aliphatic heterocycles. The number of esters is 1. The van der Waals surface area contributed by atoms with Crippen LogP contribution in [0.2, 0.25) is 0 Å². The molecule has 6 nitrogen and oxygen atoms in total. The van der Waals surface area contributed by atoms with Gasteiger partial charge in [0.05, 0.1) is 11.9 Å². The first kappa shape index (κ1) is 27.2. The van der Waals surface area contributed by atoms with Gasteiger partial charge in [-0.25, -0.2) is 0 Å². The normalized spacial score (nSPS) is 11.7. The Labute approximate surface area is 214 Å². The van der Waals surface area contributed by atoms with E-state index in [1.165, 1.54) is 31.7 Å². The summed E-state index contributed by atoms with van der Waals surface area (Å²) < 4.78 is 13.3. The van der Waals surface area contributed by atoms with E-state index in [4.69, 9.17) is 15.2 Å². The quantitative estimate of drug-likeness (QED) is 0.228. The van der Waals surface area contributed by atoms with Gasteiger partial charge in [-0.1, -0.05) is 99.7 Å². The van der Waals surface area contributed by atoms with Crippen molar-refractivity contribution >= 4 is 5.97 Å². The van der Waals surface area contributed by atoms with Gasteiger partial charge in [0.15, 0.2) is 5.75 Å². The number of aryl methyl sites for hydroxylation is 1. The first-order chi connectivity index (χ1) is 17.6. The highest BCUT2D eigenvalue weighted by Crippen LogP contribution is 2.14. The lowest BCUT2D eigenvalue weighted by Crippen LogP contribution is -2.34. The first-order valence-electron chi connectivity index (χ1n) is 12.9. The maximum absolute atomic E-state index is 12.8. The van der Waals surface area contributed by atoms with Gasteiger partial charge in [-0.2, -0.15) is 0 Å². The molecule has 3 rings (SSSR count). The zero-order valence-electron chi connectivity index (χ0n) is 21.2. The van der Waals surface area contributed by atoms with Gasteiger partial charge in [-0.05, 0) is 24.0 Å². The summed E-state index contributed by atoms with van der Waals surface area (Å²) in [6.45, 7) is 3.23. The van der Waals surface area contributed by atoms with E-state index in [-0.39, 0.29) is 12.0 Å². The Bertz CT molecular complexity index is 1110. The van der Waals surface area contributed by atoms with Crippen LogP contribution in [0.5, 0.6) is 5.75 Å². The van der Waals surface area contributed by atoms with Crippen molar-refractivity contribution in [2.24, 2.45) is 5.73 Å². The van der Waals surface area contributed by atoms with E-state index in [0.29, 0.717) is 24.5 Å². The van der Waals surface area contributed by atoms with E-state index in [1.54, 1.807) is 6.20 Å². The van der Waals surface area contributed by atoms with Crippen molar-refractivity contribution < 1.29 is 14.3 Å². The fraction of sp³-hybridized carbons (Fsp3) is 0.400. The van der Waals surface area contributed by atoms with Crippen LogP contribution in [0.3, 0.4) is 0 Å². The molecule has 0 radical (unpaired) electrons. The monoisotopic (exact) mass is 490 g/mol. The second kappa shape index (κ2) is 14.9. The molecule has 6 heteroatoms. The predicted octanol–water partition coefficient (Wildman–Crippen LogP) is 5.40. The van der Waals surface area contributed by atoms with Crippen LogP contribution in [0.25, 0.3) is 0 Å². The van der Waals surface area contributed by atoms with E-state index in [2.05, 4.69) is 6.92 Å². The molecule has 0 aliphatic carbocycles. The van der Waals surface area contributed by atoms with Crippen molar-refractivity contribution in [2.45, 2.75) is 77.7 Å². The summed E-state index contributed by atoms with van der Waals surface area (Å²) in [5, 5.41) is 0. The Morgan fingerprint density at radius 2 is 1.53 bits per heavy atom. The highest BCUT2D eigenvalue weighted by atomic mass is 16.5. The summed E-state index contributed by atoms with van der Waals surface area (Å²) in [6.07, 6.45) is 9.09. The molecule has 192 valence electrons. The van der Waals surface area contributed by atoms with Crippen molar-refractivity contribution in [1.29, 1.82) is 0 Å². The standard InChI is InChI=1S/C30H38N2O4/c1-2-3-4-5-6-13-18-32-21-29(35-22-25-16-11-8-12-17-25)28(33)20-26(32)23-36-30(34)27(31)19-24-14-9-7-10-15-24/h7-12,14-17,20-21,27H,2-6,13,18-19,22-23,31H2,1H3. The number of nitrogens with zero attached hydrogens (tertiary/aromatic N) is 1. The molecule has 0 fully saturated rings. The zero-order chi connectivity index (χ0) is 25.6. The molecule has 0 saturated heterocycles. The van der Waals surface area contributed by atoms with Gasteiger partial charge in [-0.15, -0.1) is 0 Å². The second-order valence-electron chi connectivity index (χ2n) is 9.13. The van der Waals surface area contributed by atoms with Gasteiger partial charge >= 0.3 is 5.97 Å². The van der Waals surface area contributed by atoms with Crippen LogP contribution in [0, 0.1) is 0 Å². The molecule has 0 bridgehead atoms. The van der Waals surface area contributed by atoms with Crippen LogP contribution in [-0.2, 0) is 35.7 Å². The molecular weight excluding hydrogens is 452 g/mol. The molecule has 1 aromatic heterocycles. The van der Waals surface area contributed by atoms with Gasteiger partial charge in [0.2, 0.25) is 5.43 Å². The summed E-state index contributed by atoms with van der Waals surface area (Å²) in [5.74, 6) is -0.192. The number of nitrogens with two attached hydrogens (primary N) is 1. The number of benzene rings is 2. The minimum Gasteiger partial charge on any atom is -0.483 e. The largest absolute Gasteiger partial charge is 0.483 e. The van der Waals surface area contributed by atoms with Crippen molar-refractivity contribution in [3.8, 4) is 5.75 Å². The van der Waals surface area contributed by atoms with Crippen LogP contribution >= 0.6 is 0 Å². The third-order valence-corrected chi connectivity index (χ3v) is 6.14. The van der Waals surface area contributed by atoms with Crippen LogP contribution in [0.1, 0.15) is 62.3 Å². The SMILES string of the molecule is CCCCCCCCn1cc(OCc2ccccc2)c(=O)cc1COC(=O)C(N)Cc1ccccc1. The number of hydrogen-bond acceptors (Lipinski definition) is 5. The average Bonchev–Trinajstić information content (AvgIpc) is 2.90. The predicted molar refractivity (Wildman–Crippen MR) is 143 cm³/mol. The number of hydrogen-bond donors (Lipinski definition) is 1. The summed E-state index contributed by atoms with van der Waals surface area (Å²) >= 11 is 0. The fourth-order valence-corrected chi connectivity index (χ4v) is 4.04. The molecule has 36 heavy (non-hydrogen) atoms. The van der Waals surface area contributed by atoms with Gasteiger partial charge in [0.25, 0.3) is 0 Å². The smallest absolute Gasteiger partial charge is 0.323 e. The van der Waals surface area contributed by atoms with Crippen LogP contribution in [-0.4, -0.2) is 16.6 Å². The maximum Gasteiger partial charge on any atom is 0.323 e. The molecule has 1 heterocycles. The Morgan fingerprint density at radius 3 is 2.22 bits per heavy atom. The van der Waals surface area contributed by atoms with Crippen LogP contribution in [0.15, 0.2) is 77.7 Å². The van der Waals surface area contributed by atoms with E-state index < -0.39 is 12.0 Å². The lowest BCUT2D eigenvalue weighted by molar-refractivity contribution is -0.146. The van der Waals surface area contributed by atoms with E-state index in [1.807, 2.05) is 65.2 Å². The van der Waals surface area contributed by atoms with E-state index in [0.717, 1.165) is 30.5 Å². The first-order valence-corrected chi connectivity index (χ1v) is 12.9. The number of rotatable bonds is 15. The minimum atomic E-state index is -0.764. The Morgan fingerprint density at radius 1 is 0.889 bits per heavy atom. The van der Waals surface area contributed by atoms with Crippen LogP contribution < -0.4 is 15.9 Å². The third-order valence-electron chi connectivity index (χ3n) is 6.14. The summed E-state index contributed by atoms with van der Waals surface area (Å²) in [6, 6.07) is 20.1. The van der Waals surface area contributed by atoms with Crippen molar-refractivity contribution in [1.82, 2.24) is 4.57 Å².